The molecule has 1 unspecified atom stereocenters. The molecule has 1 atom stereocenters. The number of rotatable bonds is 5. The molecule has 0 amide bonds. The maximum absolute atomic E-state index is 12.0. The molecule has 0 bridgehead atoms. The van der Waals surface area contributed by atoms with Crippen molar-refractivity contribution < 1.29 is 13.5 Å². The lowest BCUT2D eigenvalue weighted by Crippen LogP contribution is -2.40. The van der Waals surface area contributed by atoms with Crippen LogP contribution in [0.15, 0.2) is 23.1 Å². The first kappa shape index (κ1) is 15.4. The van der Waals surface area contributed by atoms with E-state index < -0.39 is 15.6 Å². The summed E-state index contributed by atoms with van der Waals surface area (Å²) in [5.74, 6) is 0. The van der Waals surface area contributed by atoms with Gasteiger partial charge in [0.1, 0.15) is 4.90 Å². The predicted molar refractivity (Wildman–Crippen MR) is 72.3 cm³/mol. The van der Waals surface area contributed by atoms with Crippen LogP contribution in [-0.4, -0.2) is 25.7 Å². The smallest absolute Gasteiger partial charge is 0.242 e. The highest BCUT2D eigenvalue weighted by Gasteiger charge is 2.23. The lowest BCUT2D eigenvalue weighted by molar-refractivity contribution is 0.0613. The first-order valence-electron chi connectivity index (χ1n) is 5.66. The Morgan fingerprint density at radius 3 is 2.56 bits per heavy atom. The fourth-order valence-electron chi connectivity index (χ4n) is 1.28. The van der Waals surface area contributed by atoms with Crippen LogP contribution in [0.25, 0.3) is 0 Å². The second kappa shape index (κ2) is 5.57. The molecule has 18 heavy (non-hydrogen) atoms. The third kappa shape index (κ3) is 3.95. The Labute approximate surface area is 113 Å². The minimum absolute atomic E-state index is 0.0293. The van der Waals surface area contributed by atoms with Gasteiger partial charge in [0.25, 0.3) is 0 Å². The van der Waals surface area contributed by atoms with Gasteiger partial charge in [-0.05, 0) is 38.0 Å². The van der Waals surface area contributed by atoms with Gasteiger partial charge in [0, 0.05) is 6.54 Å². The van der Waals surface area contributed by atoms with Crippen molar-refractivity contribution in [3.05, 3.63) is 28.8 Å². The summed E-state index contributed by atoms with van der Waals surface area (Å²) in [6.45, 7) is 5.15. The van der Waals surface area contributed by atoms with E-state index in [9.17, 15) is 13.5 Å². The zero-order valence-electron chi connectivity index (χ0n) is 10.7. The molecule has 1 rings (SSSR count). The minimum atomic E-state index is -3.69. The highest BCUT2D eigenvalue weighted by atomic mass is 35.5. The Hall–Kier alpha value is -0.620. The van der Waals surface area contributed by atoms with Crippen molar-refractivity contribution in [2.24, 2.45) is 0 Å². The zero-order valence-corrected chi connectivity index (χ0v) is 12.3. The quantitative estimate of drug-likeness (QED) is 0.873. The average Bonchev–Trinajstić information content (AvgIpc) is 2.26. The Balaban J connectivity index is 2.94. The van der Waals surface area contributed by atoms with E-state index in [4.69, 9.17) is 11.6 Å². The molecular weight excluding hydrogens is 274 g/mol. The van der Waals surface area contributed by atoms with Gasteiger partial charge in [0.05, 0.1) is 10.6 Å². The van der Waals surface area contributed by atoms with Gasteiger partial charge >= 0.3 is 0 Å². The molecule has 0 heterocycles. The van der Waals surface area contributed by atoms with E-state index in [1.165, 1.54) is 6.07 Å². The third-order valence-electron chi connectivity index (χ3n) is 2.78. The van der Waals surface area contributed by atoms with E-state index in [2.05, 4.69) is 4.72 Å². The van der Waals surface area contributed by atoms with E-state index in [0.29, 0.717) is 6.42 Å². The first-order chi connectivity index (χ1) is 8.18. The van der Waals surface area contributed by atoms with Crippen LogP contribution in [0.2, 0.25) is 5.02 Å². The Morgan fingerprint density at radius 1 is 1.44 bits per heavy atom. The van der Waals surface area contributed by atoms with Crippen molar-refractivity contribution in [1.82, 2.24) is 4.72 Å². The lowest BCUT2D eigenvalue weighted by atomic mass is 10.1. The Morgan fingerprint density at radius 2 is 2.06 bits per heavy atom. The number of aliphatic hydroxyl groups is 1. The molecule has 0 saturated heterocycles. The summed E-state index contributed by atoms with van der Waals surface area (Å²) in [6.07, 6.45) is 0.456. The molecule has 0 aliphatic carbocycles. The van der Waals surface area contributed by atoms with Gasteiger partial charge in [-0.25, -0.2) is 13.1 Å². The fourth-order valence-corrected chi connectivity index (χ4v) is 3.04. The molecule has 0 aliphatic rings. The summed E-state index contributed by atoms with van der Waals surface area (Å²) >= 11 is 5.92. The summed E-state index contributed by atoms with van der Waals surface area (Å²) in [7, 11) is -3.69. The second-order valence-corrected chi connectivity index (χ2v) is 6.75. The number of halogens is 1. The zero-order chi connectivity index (χ0) is 14.0. The Bertz CT molecular complexity index is 526. The van der Waals surface area contributed by atoms with Crippen LogP contribution < -0.4 is 4.72 Å². The van der Waals surface area contributed by atoms with Crippen LogP contribution in [0, 0.1) is 6.92 Å². The van der Waals surface area contributed by atoms with Crippen LogP contribution in [0.3, 0.4) is 0 Å². The number of nitrogens with one attached hydrogen (secondary N) is 1. The number of sulfonamides is 1. The summed E-state index contributed by atoms with van der Waals surface area (Å²) in [6, 6.07) is 4.73. The maximum Gasteiger partial charge on any atom is 0.242 e. The number of benzene rings is 1. The second-order valence-electron chi connectivity index (χ2n) is 4.61. The molecule has 6 heteroatoms. The van der Waals surface area contributed by atoms with Crippen LogP contribution in [-0.2, 0) is 10.0 Å². The third-order valence-corrected chi connectivity index (χ3v) is 4.67. The average molecular weight is 292 g/mol. The SMILES string of the molecule is CCC(C)(O)CNS(=O)(=O)c1ccc(C)cc1Cl. The summed E-state index contributed by atoms with van der Waals surface area (Å²) < 4.78 is 26.4. The van der Waals surface area contributed by atoms with Crippen molar-refractivity contribution >= 4 is 21.6 Å². The molecule has 0 fully saturated rings. The summed E-state index contributed by atoms with van der Waals surface area (Å²) in [4.78, 5) is 0.0293. The van der Waals surface area contributed by atoms with Gasteiger partial charge in [-0.1, -0.05) is 24.6 Å². The topological polar surface area (TPSA) is 66.4 Å². The van der Waals surface area contributed by atoms with Gasteiger partial charge in [0.2, 0.25) is 10.0 Å². The first-order valence-corrected chi connectivity index (χ1v) is 7.52. The highest BCUT2D eigenvalue weighted by Crippen LogP contribution is 2.22. The number of hydrogen-bond donors (Lipinski definition) is 2. The summed E-state index contributed by atoms with van der Waals surface area (Å²) in [5, 5.41) is 9.97. The standard InChI is InChI=1S/C12H18ClNO3S/c1-4-12(3,15)8-14-18(16,17)11-6-5-9(2)7-10(11)13/h5-7,14-15H,4,8H2,1-3H3. The molecule has 0 spiro atoms. The van der Waals surface area contributed by atoms with Gasteiger partial charge in [-0.3, -0.25) is 0 Å². The highest BCUT2D eigenvalue weighted by molar-refractivity contribution is 7.89. The normalized spacial score (nSPS) is 15.4. The fraction of sp³-hybridized carbons (Fsp3) is 0.500. The van der Waals surface area contributed by atoms with Crippen molar-refractivity contribution in [3.8, 4) is 0 Å². The lowest BCUT2D eigenvalue weighted by Gasteiger charge is -2.21. The molecule has 0 radical (unpaired) electrons. The van der Waals surface area contributed by atoms with Crippen molar-refractivity contribution in [3.63, 3.8) is 0 Å². The molecule has 1 aromatic rings. The molecule has 0 aliphatic heterocycles. The minimum Gasteiger partial charge on any atom is -0.389 e. The van der Waals surface area contributed by atoms with Gasteiger partial charge in [-0.15, -0.1) is 0 Å². The molecule has 0 aromatic heterocycles. The van der Waals surface area contributed by atoms with Crippen LogP contribution in [0.4, 0.5) is 0 Å². The molecular formula is C12H18ClNO3S. The van der Waals surface area contributed by atoms with E-state index in [-0.39, 0.29) is 16.5 Å². The van der Waals surface area contributed by atoms with Crippen LogP contribution in [0.1, 0.15) is 25.8 Å². The van der Waals surface area contributed by atoms with Crippen molar-refractivity contribution in [2.75, 3.05) is 6.54 Å². The maximum atomic E-state index is 12.0. The molecule has 2 N–H and O–H groups in total. The van der Waals surface area contributed by atoms with Crippen molar-refractivity contribution in [2.45, 2.75) is 37.7 Å². The monoisotopic (exact) mass is 291 g/mol. The molecule has 1 aromatic carbocycles. The number of aryl methyl sites for hydroxylation is 1. The van der Waals surface area contributed by atoms with E-state index in [1.807, 2.05) is 6.92 Å². The Kier molecular flexibility index (Phi) is 4.78. The largest absolute Gasteiger partial charge is 0.389 e. The summed E-state index contributed by atoms with van der Waals surface area (Å²) in [5.41, 5.74) is -0.177. The number of hydrogen-bond acceptors (Lipinski definition) is 3. The van der Waals surface area contributed by atoms with E-state index >= 15 is 0 Å². The van der Waals surface area contributed by atoms with Crippen LogP contribution >= 0.6 is 11.6 Å². The van der Waals surface area contributed by atoms with Gasteiger partial charge < -0.3 is 5.11 Å². The molecule has 0 saturated carbocycles. The van der Waals surface area contributed by atoms with Gasteiger partial charge in [0.15, 0.2) is 0 Å². The molecule has 102 valence electrons. The van der Waals surface area contributed by atoms with E-state index in [1.54, 1.807) is 26.0 Å². The van der Waals surface area contributed by atoms with E-state index in [0.717, 1.165) is 5.56 Å². The van der Waals surface area contributed by atoms with Gasteiger partial charge in [-0.2, -0.15) is 0 Å². The van der Waals surface area contributed by atoms with Crippen molar-refractivity contribution in [1.29, 1.82) is 0 Å². The molecule has 4 nitrogen and oxygen atoms in total. The van der Waals surface area contributed by atoms with Crippen LogP contribution in [0.5, 0.6) is 0 Å². The predicted octanol–water partition coefficient (Wildman–Crippen LogP) is 2.09.